The van der Waals surface area contributed by atoms with Crippen LogP contribution in [0.2, 0.25) is 0 Å². The Hall–Kier alpha value is -1.95. The van der Waals surface area contributed by atoms with Crippen molar-refractivity contribution in [3.05, 3.63) is 40.9 Å². The molecule has 0 aliphatic carbocycles. The molecule has 3 rings (SSSR count). The van der Waals surface area contributed by atoms with Crippen molar-refractivity contribution in [2.45, 2.75) is 25.8 Å². The third-order valence-electron chi connectivity index (χ3n) is 4.26. The highest BCUT2D eigenvalue weighted by atomic mass is 32.2. The topological polar surface area (TPSA) is 66.8 Å². The zero-order chi connectivity index (χ0) is 16.4. The quantitative estimate of drug-likeness (QED) is 0.614. The molecule has 0 spiro atoms. The minimum Gasteiger partial charge on any atom is -0.493 e. The summed E-state index contributed by atoms with van der Waals surface area (Å²) in [4.78, 5) is 25.8. The van der Waals surface area contributed by atoms with Crippen LogP contribution in [0.1, 0.15) is 19.8 Å². The molecule has 0 radical (unpaired) electrons. The van der Waals surface area contributed by atoms with Crippen molar-refractivity contribution in [2.24, 2.45) is 5.92 Å². The second-order valence-corrected chi connectivity index (χ2v) is 6.77. The average molecular weight is 333 g/mol. The monoisotopic (exact) mass is 333 g/mol. The summed E-state index contributed by atoms with van der Waals surface area (Å²) in [5, 5.41) is 9.42. The number of hydrogen-bond donors (Lipinski definition) is 1. The molecular weight excluding hydrogens is 314 g/mol. The molecule has 1 N–H and O–H groups in total. The normalized spacial score (nSPS) is 22.8. The molecule has 2 aliphatic heterocycles. The molecule has 2 aliphatic rings. The Kier molecular flexibility index (Phi) is 4.61. The average Bonchev–Trinajstić information content (AvgIpc) is 2.88. The Labute approximate surface area is 139 Å². The molecule has 5 nitrogen and oxygen atoms in total. The molecule has 1 saturated heterocycles. The predicted octanol–water partition coefficient (Wildman–Crippen LogP) is 2.74. The number of aliphatic carboxylic acids is 1. The fraction of sp³-hybridized carbons (Fsp3) is 0.412. The minimum absolute atomic E-state index is 0.0250. The van der Waals surface area contributed by atoms with Crippen LogP contribution in [0.4, 0.5) is 0 Å². The van der Waals surface area contributed by atoms with E-state index in [-0.39, 0.29) is 23.6 Å². The van der Waals surface area contributed by atoms with Crippen molar-refractivity contribution in [3.63, 3.8) is 0 Å². The maximum absolute atomic E-state index is 12.0. The number of benzene rings is 1. The molecule has 122 valence electrons. The Balaban J connectivity index is 1.59. The van der Waals surface area contributed by atoms with Gasteiger partial charge in [-0.05, 0) is 18.6 Å². The van der Waals surface area contributed by atoms with Crippen molar-refractivity contribution in [3.8, 4) is 5.75 Å². The highest BCUT2D eigenvalue weighted by Crippen LogP contribution is 2.46. The number of carboxylic acid groups (broad SMARTS) is 1. The lowest BCUT2D eigenvalue weighted by Crippen LogP contribution is -2.58. The van der Waals surface area contributed by atoms with Crippen LogP contribution in [-0.4, -0.2) is 40.3 Å². The maximum Gasteiger partial charge on any atom is 0.353 e. The van der Waals surface area contributed by atoms with Crippen molar-refractivity contribution in [1.29, 1.82) is 0 Å². The van der Waals surface area contributed by atoms with Gasteiger partial charge >= 0.3 is 5.97 Å². The van der Waals surface area contributed by atoms with E-state index in [0.29, 0.717) is 18.8 Å². The molecular formula is C17H19NO4S. The third kappa shape index (κ3) is 2.95. The highest BCUT2D eigenvalue weighted by molar-refractivity contribution is 8.03. The number of carbonyl (C=O) groups excluding carboxylic acids is 1. The molecule has 1 amide bonds. The molecule has 1 aromatic rings. The molecule has 2 heterocycles. The smallest absolute Gasteiger partial charge is 0.353 e. The molecule has 0 aromatic heterocycles. The van der Waals surface area contributed by atoms with E-state index in [2.05, 4.69) is 0 Å². The summed E-state index contributed by atoms with van der Waals surface area (Å²) in [6.45, 7) is 2.47. The number of hydrogen-bond acceptors (Lipinski definition) is 4. The van der Waals surface area contributed by atoms with E-state index in [0.717, 1.165) is 17.1 Å². The van der Waals surface area contributed by atoms with Gasteiger partial charge in [-0.3, -0.25) is 4.79 Å². The van der Waals surface area contributed by atoms with E-state index in [1.54, 1.807) is 0 Å². The summed E-state index contributed by atoms with van der Waals surface area (Å²) < 4.78 is 5.62. The number of para-hydroxylation sites is 1. The fourth-order valence-electron chi connectivity index (χ4n) is 3.17. The third-order valence-corrected chi connectivity index (χ3v) is 5.34. The van der Waals surface area contributed by atoms with E-state index in [9.17, 15) is 14.7 Å². The van der Waals surface area contributed by atoms with Gasteiger partial charge in [0, 0.05) is 17.1 Å². The lowest BCUT2D eigenvalue weighted by molar-refractivity contribution is -0.155. The Morgan fingerprint density at radius 2 is 2.13 bits per heavy atom. The van der Waals surface area contributed by atoms with Gasteiger partial charge in [0.05, 0.1) is 18.6 Å². The number of rotatable bonds is 7. The van der Waals surface area contributed by atoms with E-state index in [1.807, 2.05) is 37.3 Å². The van der Waals surface area contributed by atoms with Gasteiger partial charge in [0.15, 0.2) is 0 Å². The molecule has 0 saturated carbocycles. The summed E-state index contributed by atoms with van der Waals surface area (Å²) >= 11 is 1.48. The Bertz CT molecular complexity index is 643. The summed E-state index contributed by atoms with van der Waals surface area (Å²) in [6.07, 6.45) is 1.42. The molecule has 1 fully saturated rings. The van der Waals surface area contributed by atoms with E-state index in [1.165, 1.54) is 16.7 Å². The zero-order valence-corrected chi connectivity index (χ0v) is 13.7. The van der Waals surface area contributed by atoms with Crippen LogP contribution in [0.25, 0.3) is 0 Å². The summed E-state index contributed by atoms with van der Waals surface area (Å²) in [5.41, 5.74) is 0.175. The minimum atomic E-state index is -1.01. The lowest BCUT2D eigenvalue weighted by Gasteiger charge is -2.42. The molecule has 0 bridgehead atoms. The SMILES string of the molecule is CCC1C(=O)N2C(C(=O)O)=C(SCCOc3ccccc3)CC12. The maximum atomic E-state index is 12.0. The number of ether oxygens (including phenoxy) is 1. The van der Waals surface area contributed by atoms with Gasteiger partial charge in [-0.25, -0.2) is 4.79 Å². The summed E-state index contributed by atoms with van der Waals surface area (Å²) in [6, 6.07) is 9.56. The van der Waals surface area contributed by atoms with Gasteiger partial charge < -0.3 is 14.7 Å². The number of β-lactam (4-membered cyclic amide) rings is 1. The summed E-state index contributed by atoms with van der Waals surface area (Å²) in [5.74, 6) is 0.375. The Morgan fingerprint density at radius 1 is 1.39 bits per heavy atom. The number of carboxylic acids is 1. The predicted molar refractivity (Wildman–Crippen MR) is 88.1 cm³/mol. The molecule has 1 aromatic carbocycles. The van der Waals surface area contributed by atoms with E-state index in [4.69, 9.17) is 4.74 Å². The van der Waals surface area contributed by atoms with Crippen LogP contribution in [-0.2, 0) is 9.59 Å². The zero-order valence-electron chi connectivity index (χ0n) is 12.9. The first-order chi connectivity index (χ1) is 11.1. The van der Waals surface area contributed by atoms with Gasteiger partial charge in [-0.2, -0.15) is 0 Å². The van der Waals surface area contributed by atoms with Gasteiger partial charge in [-0.1, -0.05) is 25.1 Å². The Morgan fingerprint density at radius 3 is 2.78 bits per heavy atom. The number of thioether (sulfide) groups is 1. The van der Waals surface area contributed by atoms with Crippen molar-refractivity contribution >= 4 is 23.6 Å². The first kappa shape index (κ1) is 15.9. The lowest BCUT2D eigenvalue weighted by atomic mass is 9.85. The van der Waals surface area contributed by atoms with Crippen molar-refractivity contribution < 1.29 is 19.4 Å². The first-order valence-corrected chi connectivity index (χ1v) is 8.72. The van der Waals surface area contributed by atoms with Crippen LogP contribution in [0.5, 0.6) is 5.75 Å². The van der Waals surface area contributed by atoms with Gasteiger partial charge in [-0.15, -0.1) is 11.8 Å². The number of fused-ring (bicyclic) bond motifs is 1. The van der Waals surface area contributed by atoms with Gasteiger partial charge in [0.2, 0.25) is 5.91 Å². The number of nitrogens with zero attached hydrogens (tertiary/aromatic N) is 1. The van der Waals surface area contributed by atoms with Crippen LogP contribution in [0, 0.1) is 5.92 Å². The number of amides is 1. The first-order valence-electron chi connectivity index (χ1n) is 7.73. The van der Waals surface area contributed by atoms with Crippen LogP contribution in [0.15, 0.2) is 40.9 Å². The molecule has 2 unspecified atom stereocenters. The van der Waals surface area contributed by atoms with E-state index >= 15 is 0 Å². The van der Waals surface area contributed by atoms with E-state index < -0.39 is 5.97 Å². The second kappa shape index (κ2) is 6.66. The summed E-state index contributed by atoms with van der Waals surface area (Å²) in [7, 11) is 0. The number of carbonyl (C=O) groups is 2. The van der Waals surface area contributed by atoms with Crippen molar-refractivity contribution in [2.75, 3.05) is 12.4 Å². The standard InChI is InChI=1S/C17H19NO4S/c1-2-12-13-10-14(15(17(20)21)18(13)16(12)19)23-9-8-22-11-6-4-3-5-7-11/h3-7,12-13H,2,8-10H2,1H3,(H,20,21). The molecule has 6 heteroatoms. The van der Waals surface area contributed by atoms with Crippen LogP contribution in [0.3, 0.4) is 0 Å². The van der Waals surface area contributed by atoms with Gasteiger partial charge in [0.1, 0.15) is 11.4 Å². The molecule has 2 atom stereocenters. The van der Waals surface area contributed by atoms with Crippen LogP contribution < -0.4 is 4.74 Å². The largest absolute Gasteiger partial charge is 0.493 e. The molecule has 23 heavy (non-hydrogen) atoms. The fourth-order valence-corrected chi connectivity index (χ4v) is 4.20. The van der Waals surface area contributed by atoms with Crippen molar-refractivity contribution in [1.82, 2.24) is 4.90 Å². The van der Waals surface area contributed by atoms with Gasteiger partial charge in [0.25, 0.3) is 0 Å². The highest BCUT2D eigenvalue weighted by Gasteiger charge is 2.54. The van der Waals surface area contributed by atoms with Crippen LogP contribution >= 0.6 is 11.8 Å². The second-order valence-electron chi connectivity index (χ2n) is 5.58.